The Morgan fingerprint density at radius 3 is 2.74 bits per heavy atom. The van der Waals surface area contributed by atoms with Crippen LogP contribution in [0, 0.1) is 0 Å². The van der Waals surface area contributed by atoms with Gasteiger partial charge in [-0.1, -0.05) is 12.1 Å². The standard InChI is InChI=1S/C15H23NO3/c1-3-18-14-6-4-5-12(11-16-13-7-8-13)15(14)19-10-9-17-2/h4-6,13,16H,3,7-11H2,1-2H3. The lowest BCUT2D eigenvalue weighted by Gasteiger charge is -2.16. The van der Waals surface area contributed by atoms with E-state index in [-0.39, 0.29) is 0 Å². The number of hydrogen-bond acceptors (Lipinski definition) is 4. The Balaban J connectivity index is 2.05. The fraction of sp³-hybridized carbons (Fsp3) is 0.600. The minimum Gasteiger partial charge on any atom is -0.490 e. The third-order valence-corrected chi connectivity index (χ3v) is 3.05. The third kappa shape index (κ3) is 4.40. The molecule has 106 valence electrons. The van der Waals surface area contributed by atoms with E-state index in [2.05, 4.69) is 11.4 Å². The molecule has 1 aliphatic carbocycles. The first-order valence-electron chi connectivity index (χ1n) is 6.95. The van der Waals surface area contributed by atoms with Crippen molar-refractivity contribution in [3.05, 3.63) is 23.8 Å². The Labute approximate surface area is 115 Å². The summed E-state index contributed by atoms with van der Waals surface area (Å²) in [4.78, 5) is 0. The summed E-state index contributed by atoms with van der Waals surface area (Å²) in [6, 6.07) is 6.73. The van der Waals surface area contributed by atoms with Crippen LogP contribution in [0.4, 0.5) is 0 Å². The molecule has 4 nitrogen and oxygen atoms in total. The number of ether oxygens (including phenoxy) is 3. The molecule has 1 fully saturated rings. The second kappa shape index (κ2) is 7.36. The highest BCUT2D eigenvalue weighted by Crippen LogP contribution is 2.32. The van der Waals surface area contributed by atoms with E-state index in [1.165, 1.54) is 12.8 Å². The maximum Gasteiger partial charge on any atom is 0.165 e. The van der Waals surface area contributed by atoms with E-state index >= 15 is 0 Å². The van der Waals surface area contributed by atoms with Gasteiger partial charge in [0.25, 0.3) is 0 Å². The predicted octanol–water partition coefficient (Wildman–Crippen LogP) is 2.36. The van der Waals surface area contributed by atoms with Crippen molar-refractivity contribution in [2.75, 3.05) is 26.9 Å². The molecule has 0 bridgehead atoms. The summed E-state index contributed by atoms with van der Waals surface area (Å²) in [7, 11) is 1.67. The SMILES string of the molecule is CCOc1cccc(CNC2CC2)c1OCCOC. The van der Waals surface area contributed by atoms with Gasteiger partial charge in [0.05, 0.1) is 13.2 Å². The van der Waals surface area contributed by atoms with Crippen molar-refractivity contribution in [3.8, 4) is 11.5 Å². The molecular formula is C15H23NO3. The molecule has 0 atom stereocenters. The van der Waals surface area contributed by atoms with Crippen molar-refractivity contribution in [3.63, 3.8) is 0 Å². The van der Waals surface area contributed by atoms with Gasteiger partial charge in [-0.25, -0.2) is 0 Å². The molecule has 0 aromatic heterocycles. The monoisotopic (exact) mass is 265 g/mol. The molecular weight excluding hydrogens is 242 g/mol. The van der Waals surface area contributed by atoms with Crippen LogP contribution in [0.3, 0.4) is 0 Å². The van der Waals surface area contributed by atoms with Crippen molar-refractivity contribution in [1.29, 1.82) is 0 Å². The predicted molar refractivity (Wildman–Crippen MR) is 74.8 cm³/mol. The van der Waals surface area contributed by atoms with E-state index < -0.39 is 0 Å². The molecule has 0 saturated heterocycles. The molecule has 1 N–H and O–H groups in total. The second-order valence-electron chi connectivity index (χ2n) is 4.67. The van der Waals surface area contributed by atoms with Crippen molar-refractivity contribution >= 4 is 0 Å². The van der Waals surface area contributed by atoms with Gasteiger partial charge in [-0.3, -0.25) is 0 Å². The lowest BCUT2D eigenvalue weighted by atomic mass is 10.2. The number of hydrogen-bond donors (Lipinski definition) is 1. The molecule has 1 aliphatic rings. The Hall–Kier alpha value is -1.26. The van der Waals surface area contributed by atoms with Crippen LogP contribution in [-0.4, -0.2) is 33.0 Å². The second-order valence-corrected chi connectivity index (χ2v) is 4.67. The van der Waals surface area contributed by atoms with Crippen LogP contribution >= 0.6 is 0 Å². The Morgan fingerprint density at radius 2 is 2.05 bits per heavy atom. The van der Waals surface area contributed by atoms with Gasteiger partial charge in [-0.15, -0.1) is 0 Å². The van der Waals surface area contributed by atoms with E-state index in [0.29, 0.717) is 25.9 Å². The van der Waals surface area contributed by atoms with Gasteiger partial charge in [-0.2, -0.15) is 0 Å². The van der Waals surface area contributed by atoms with Gasteiger partial charge in [0.2, 0.25) is 0 Å². The molecule has 4 heteroatoms. The number of para-hydroxylation sites is 1. The zero-order valence-electron chi connectivity index (χ0n) is 11.8. The van der Waals surface area contributed by atoms with E-state index in [4.69, 9.17) is 14.2 Å². The van der Waals surface area contributed by atoms with Crippen molar-refractivity contribution in [2.24, 2.45) is 0 Å². The Morgan fingerprint density at radius 1 is 1.21 bits per heavy atom. The number of benzene rings is 1. The summed E-state index contributed by atoms with van der Waals surface area (Å²) < 4.78 is 16.5. The zero-order chi connectivity index (χ0) is 13.5. The average molecular weight is 265 g/mol. The molecule has 0 unspecified atom stereocenters. The number of methoxy groups -OCH3 is 1. The smallest absolute Gasteiger partial charge is 0.165 e. The highest BCUT2D eigenvalue weighted by molar-refractivity contribution is 5.46. The molecule has 1 aromatic rings. The summed E-state index contributed by atoms with van der Waals surface area (Å²) in [6.45, 7) is 4.56. The lowest BCUT2D eigenvalue weighted by molar-refractivity contribution is 0.142. The van der Waals surface area contributed by atoms with Crippen LogP contribution in [0.1, 0.15) is 25.3 Å². The molecule has 0 amide bonds. The topological polar surface area (TPSA) is 39.7 Å². The third-order valence-electron chi connectivity index (χ3n) is 3.05. The maximum atomic E-state index is 5.82. The summed E-state index contributed by atoms with van der Waals surface area (Å²) >= 11 is 0. The van der Waals surface area contributed by atoms with E-state index in [1.54, 1.807) is 7.11 Å². The molecule has 0 aliphatic heterocycles. The minimum absolute atomic E-state index is 0.539. The van der Waals surface area contributed by atoms with Crippen LogP contribution in [0.2, 0.25) is 0 Å². The van der Waals surface area contributed by atoms with Gasteiger partial charge in [0.1, 0.15) is 6.61 Å². The van der Waals surface area contributed by atoms with E-state index in [1.807, 2.05) is 19.1 Å². The molecule has 0 heterocycles. The van der Waals surface area contributed by atoms with E-state index in [0.717, 1.165) is 23.6 Å². The van der Waals surface area contributed by atoms with Gasteiger partial charge >= 0.3 is 0 Å². The van der Waals surface area contributed by atoms with Crippen LogP contribution in [0.15, 0.2) is 18.2 Å². The maximum absolute atomic E-state index is 5.82. The first-order chi connectivity index (χ1) is 9.35. The summed E-state index contributed by atoms with van der Waals surface area (Å²) in [6.07, 6.45) is 2.57. The largest absolute Gasteiger partial charge is 0.490 e. The van der Waals surface area contributed by atoms with Crippen molar-refractivity contribution in [2.45, 2.75) is 32.4 Å². The molecule has 2 rings (SSSR count). The Bertz CT molecular complexity index is 391. The van der Waals surface area contributed by atoms with Gasteiger partial charge in [0.15, 0.2) is 11.5 Å². The summed E-state index contributed by atoms with van der Waals surface area (Å²) in [5.41, 5.74) is 1.15. The number of nitrogens with one attached hydrogen (secondary N) is 1. The highest BCUT2D eigenvalue weighted by Gasteiger charge is 2.21. The first-order valence-corrected chi connectivity index (χ1v) is 6.95. The highest BCUT2D eigenvalue weighted by atomic mass is 16.5. The Kier molecular flexibility index (Phi) is 5.48. The first kappa shape index (κ1) is 14.2. The average Bonchev–Trinajstić information content (AvgIpc) is 3.23. The summed E-state index contributed by atoms with van der Waals surface area (Å²) in [5.74, 6) is 1.66. The van der Waals surface area contributed by atoms with Crippen LogP contribution in [-0.2, 0) is 11.3 Å². The molecule has 1 saturated carbocycles. The quantitative estimate of drug-likeness (QED) is 0.696. The van der Waals surface area contributed by atoms with Crippen molar-refractivity contribution in [1.82, 2.24) is 5.32 Å². The molecule has 19 heavy (non-hydrogen) atoms. The zero-order valence-corrected chi connectivity index (χ0v) is 11.8. The van der Waals surface area contributed by atoms with E-state index in [9.17, 15) is 0 Å². The van der Waals surface area contributed by atoms with Crippen molar-refractivity contribution < 1.29 is 14.2 Å². The number of rotatable bonds is 9. The minimum atomic E-state index is 0.539. The van der Waals surface area contributed by atoms with Gasteiger partial charge in [0, 0.05) is 25.3 Å². The summed E-state index contributed by atoms with van der Waals surface area (Å²) in [5, 5.41) is 3.51. The van der Waals surface area contributed by atoms with Gasteiger partial charge < -0.3 is 19.5 Å². The fourth-order valence-electron chi connectivity index (χ4n) is 1.90. The normalized spacial score (nSPS) is 14.4. The van der Waals surface area contributed by atoms with Gasteiger partial charge in [-0.05, 0) is 25.8 Å². The molecule has 0 spiro atoms. The van der Waals surface area contributed by atoms with Crippen LogP contribution in [0.25, 0.3) is 0 Å². The molecule has 1 aromatic carbocycles. The molecule has 0 radical (unpaired) electrons. The van der Waals surface area contributed by atoms with Crippen LogP contribution < -0.4 is 14.8 Å². The lowest BCUT2D eigenvalue weighted by Crippen LogP contribution is -2.17. The fourth-order valence-corrected chi connectivity index (χ4v) is 1.90. The van der Waals surface area contributed by atoms with Crippen LogP contribution in [0.5, 0.6) is 11.5 Å².